The van der Waals surface area contributed by atoms with Crippen LogP contribution in [0.5, 0.6) is 23.0 Å². The molecule has 28 heavy (non-hydrogen) atoms. The number of hydrogen-bond acceptors (Lipinski definition) is 6. The maximum Gasteiger partial charge on any atom is 0.344 e. The van der Waals surface area contributed by atoms with Crippen molar-refractivity contribution in [3.8, 4) is 23.0 Å². The van der Waals surface area contributed by atoms with Gasteiger partial charge < -0.3 is 24.1 Å². The molecule has 0 fully saturated rings. The number of carbonyl (C=O) groups excluding carboxylic acids is 1. The Morgan fingerprint density at radius 2 is 1.82 bits per heavy atom. The topological polar surface area (TPSA) is 74.2 Å². The lowest BCUT2D eigenvalue weighted by atomic mass is 9.98. The zero-order valence-corrected chi connectivity index (χ0v) is 17.3. The third kappa shape index (κ3) is 5.55. The summed E-state index contributed by atoms with van der Waals surface area (Å²) in [5.41, 5.74) is 1.99. The monoisotopic (exact) mass is 388 g/mol. The predicted molar refractivity (Wildman–Crippen MR) is 107 cm³/mol. The maximum absolute atomic E-state index is 11.8. The minimum absolute atomic E-state index is 0.0550. The fraction of sp³-hybridized carbons (Fsp3) is 0.409. The Labute approximate surface area is 166 Å². The van der Waals surface area contributed by atoms with E-state index in [0.717, 1.165) is 16.7 Å². The number of phenols is 1. The summed E-state index contributed by atoms with van der Waals surface area (Å²) >= 11 is 0. The summed E-state index contributed by atoms with van der Waals surface area (Å²) in [7, 11) is 3.02. The van der Waals surface area contributed by atoms with Gasteiger partial charge in [-0.1, -0.05) is 12.1 Å². The quantitative estimate of drug-likeness (QED) is 0.722. The second-order valence-corrected chi connectivity index (χ2v) is 7.46. The Balaban J connectivity index is 2.16. The molecule has 0 aliphatic rings. The standard InChI is InChI=1S/C22H28O6/c1-14-10-18(25-5)21(26-6)20(24)17(14)12-15-8-7-9-16(11-15)27-13-19(23)28-22(2,3)4/h7-11,24H,12-13H2,1-6H3. The third-order valence-electron chi connectivity index (χ3n) is 4.03. The molecule has 0 heterocycles. The molecule has 0 aromatic heterocycles. The zero-order chi connectivity index (χ0) is 20.9. The molecule has 0 bridgehead atoms. The molecule has 6 heteroatoms. The van der Waals surface area contributed by atoms with Gasteiger partial charge in [-0.25, -0.2) is 4.79 Å². The van der Waals surface area contributed by atoms with E-state index in [9.17, 15) is 9.90 Å². The maximum atomic E-state index is 11.8. The van der Waals surface area contributed by atoms with E-state index in [1.165, 1.54) is 14.2 Å². The summed E-state index contributed by atoms with van der Waals surface area (Å²) in [4.78, 5) is 11.8. The van der Waals surface area contributed by atoms with Gasteiger partial charge in [-0.2, -0.15) is 0 Å². The van der Waals surface area contributed by atoms with Crippen LogP contribution in [0.3, 0.4) is 0 Å². The van der Waals surface area contributed by atoms with Gasteiger partial charge in [-0.15, -0.1) is 0 Å². The highest BCUT2D eigenvalue weighted by Crippen LogP contribution is 2.41. The molecule has 2 rings (SSSR count). The van der Waals surface area contributed by atoms with Gasteiger partial charge in [0.25, 0.3) is 0 Å². The molecular weight excluding hydrogens is 360 g/mol. The zero-order valence-electron chi connectivity index (χ0n) is 17.3. The molecule has 0 aliphatic heterocycles. The molecule has 1 N–H and O–H groups in total. The molecule has 2 aromatic rings. The molecule has 0 unspecified atom stereocenters. The first kappa shape index (κ1) is 21.4. The van der Waals surface area contributed by atoms with E-state index in [1.807, 2.05) is 52.0 Å². The van der Waals surface area contributed by atoms with Crippen LogP contribution in [-0.2, 0) is 16.0 Å². The van der Waals surface area contributed by atoms with E-state index < -0.39 is 11.6 Å². The number of hydrogen-bond donors (Lipinski definition) is 1. The van der Waals surface area contributed by atoms with E-state index in [0.29, 0.717) is 23.7 Å². The molecule has 0 saturated heterocycles. The normalized spacial score (nSPS) is 11.1. The number of benzene rings is 2. The second-order valence-electron chi connectivity index (χ2n) is 7.46. The van der Waals surface area contributed by atoms with Crippen LogP contribution in [0.2, 0.25) is 0 Å². The largest absolute Gasteiger partial charge is 0.504 e. The molecular formula is C22H28O6. The molecule has 0 radical (unpaired) electrons. The van der Waals surface area contributed by atoms with E-state index in [2.05, 4.69) is 0 Å². The number of rotatable bonds is 7. The van der Waals surface area contributed by atoms with Gasteiger partial charge in [0.2, 0.25) is 5.75 Å². The third-order valence-corrected chi connectivity index (χ3v) is 4.03. The van der Waals surface area contributed by atoms with Gasteiger partial charge in [0.05, 0.1) is 14.2 Å². The molecule has 152 valence electrons. The number of aryl methyl sites for hydroxylation is 1. The van der Waals surface area contributed by atoms with Gasteiger partial charge >= 0.3 is 5.97 Å². The average molecular weight is 388 g/mol. The van der Waals surface area contributed by atoms with Crippen molar-refractivity contribution in [1.82, 2.24) is 0 Å². The first-order valence-electron chi connectivity index (χ1n) is 9.01. The Morgan fingerprint density at radius 1 is 1.11 bits per heavy atom. The number of esters is 1. The van der Waals surface area contributed by atoms with Gasteiger partial charge in [0.1, 0.15) is 11.4 Å². The molecule has 6 nitrogen and oxygen atoms in total. The van der Waals surface area contributed by atoms with Crippen LogP contribution in [0.1, 0.15) is 37.5 Å². The lowest BCUT2D eigenvalue weighted by molar-refractivity contribution is -0.157. The predicted octanol–water partition coefficient (Wildman–Crippen LogP) is 4.03. The molecule has 0 atom stereocenters. The van der Waals surface area contributed by atoms with Gasteiger partial charge in [-0.3, -0.25) is 0 Å². The average Bonchev–Trinajstić information content (AvgIpc) is 2.62. The van der Waals surface area contributed by atoms with Crippen molar-refractivity contribution >= 4 is 5.97 Å². The van der Waals surface area contributed by atoms with Crippen molar-refractivity contribution in [3.05, 3.63) is 47.0 Å². The van der Waals surface area contributed by atoms with Crippen molar-refractivity contribution in [2.45, 2.75) is 39.7 Å². The Kier molecular flexibility index (Phi) is 6.78. The number of methoxy groups -OCH3 is 2. The highest BCUT2D eigenvalue weighted by atomic mass is 16.6. The van der Waals surface area contributed by atoms with Crippen LogP contribution in [0.15, 0.2) is 30.3 Å². The Morgan fingerprint density at radius 3 is 2.43 bits per heavy atom. The van der Waals surface area contributed by atoms with Gasteiger partial charge in [-0.05, 0) is 57.0 Å². The van der Waals surface area contributed by atoms with Crippen LogP contribution < -0.4 is 14.2 Å². The SMILES string of the molecule is COc1cc(C)c(Cc2cccc(OCC(=O)OC(C)(C)C)c2)c(O)c1OC. The van der Waals surface area contributed by atoms with Crippen LogP contribution in [0.4, 0.5) is 0 Å². The van der Waals surface area contributed by atoms with Crippen LogP contribution >= 0.6 is 0 Å². The summed E-state index contributed by atoms with van der Waals surface area (Å²) in [6.07, 6.45) is 0.474. The van der Waals surface area contributed by atoms with E-state index in [1.54, 1.807) is 6.07 Å². The van der Waals surface area contributed by atoms with E-state index in [4.69, 9.17) is 18.9 Å². The molecule has 0 saturated carbocycles. The molecule has 0 amide bonds. The highest BCUT2D eigenvalue weighted by molar-refractivity contribution is 5.71. The van der Waals surface area contributed by atoms with Crippen molar-refractivity contribution in [2.75, 3.05) is 20.8 Å². The first-order valence-corrected chi connectivity index (χ1v) is 9.01. The number of phenolic OH excluding ortho intramolecular Hbond substituents is 1. The highest BCUT2D eigenvalue weighted by Gasteiger charge is 2.18. The Bertz CT molecular complexity index is 836. The van der Waals surface area contributed by atoms with Crippen LogP contribution in [-0.4, -0.2) is 37.5 Å². The minimum atomic E-state index is -0.551. The van der Waals surface area contributed by atoms with Crippen LogP contribution in [0, 0.1) is 6.92 Å². The molecule has 0 aliphatic carbocycles. The van der Waals surface area contributed by atoms with E-state index >= 15 is 0 Å². The van der Waals surface area contributed by atoms with Gasteiger partial charge in [0.15, 0.2) is 18.1 Å². The van der Waals surface area contributed by atoms with Crippen molar-refractivity contribution in [2.24, 2.45) is 0 Å². The number of ether oxygens (including phenoxy) is 4. The molecule has 2 aromatic carbocycles. The summed E-state index contributed by atoms with van der Waals surface area (Å²) in [5, 5.41) is 10.6. The summed E-state index contributed by atoms with van der Waals surface area (Å²) in [6.45, 7) is 7.16. The fourth-order valence-electron chi connectivity index (χ4n) is 2.82. The first-order chi connectivity index (χ1) is 13.1. The smallest absolute Gasteiger partial charge is 0.344 e. The Hall–Kier alpha value is -2.89. The lowest BCUT2D eigenvalue weighted by Crippen LogP contribution is -2.27. The van der Waals surface area contributed by atoms with Gasteiger partial charge in [0, 0.05) is 12.0 Å². The van der Waals surface area contributed by atoms with Crippen molar-refractivity contribution in [3.63, 3.8) is 0 Å². The van der Waals surface area contributed by atoms with E-state index in [-0.39, 0.29) is 12.4 Å². The lowest BCUT2D eigenvalue weighted by Gasteiger charge is -2.19. The minimum Gasteiger partial charge on any atom is -0.504 e. The second kappa shape index (κ2) is 8.87. The van der Waals surface area contributed by atoms with Crippen molar-refractivity contribution < 1.29 is 28.8 Å². The summed E-state index contributed by atoms with van der Waals surface area (Å²) in [5.74, 6) is 0.975. The molecule has 0 spiro atoms. The summed E-state index contributed by atoms with van der Waals surface area (Å²) in [6, 6.07) is 9.20. The number of aromatic hydroxyl groups is 1. The fourth-order valence-corrected chi connectivity index (χ4v) is 2.82. The number of carbonyl (C=O) groups is 1. The summed E-state index contributed by atoms with van der Waals surface area (Å²) < 4.78 is 21.3. The van der Waals surface area contributed by atoms with Crippen molar-refractivity contribution in [1.29, 1.82) is 0 Å². The van der Waals surface area contributed by atoms with Crippen LogP contribution in [0.25, 0.3) is 0 Å².